The Bertz CT molecular complexity index is 565. The summed E-state index contributed by atoms with van der Waals surface area (Å²) in [5, 5.41) is 10.7. The summed E-state index contributed by atoms with van der Waals surface area (Å²) in [6, 6.07) is 0. The minimum Gasteiger partial charge on any atom is -0.460 e. The Morgan fingerprint density at radius 3 is 2.22 bits per heavy atom. The highest BCUT2D eigenvalue weighted by molar-refractivity contribution is 5.71. The lowest BCUT2D eigenvalue weighted by molar-refractivity contribution is -0.150. The Kier molecular flexibility index (Phi) is 10.3. The van der Waals surface area contributed by atoms with E-state index in [0.29, 0.717) is 12.8 Å². The van der Waals surface area contributed by atoms with Crippen molar-refractivity contribution < 1.29 is 28.8 Å². The summed E-state index contributed by atoms with van der Waals surface area (Å²) in [5.74, 6) is -0.687. The molecule has 0 unspecified atom stereocenters. The Morgan fingerprint density at radius 2 is 1.56 bits per heavy atom. The van der Waals surface area contributed by atoms with Gasteiger partial charge in [-0.3, -0.25) is 4.79 Å². The zero-order valence-corrected chi connectivity index (χ0v) is 20.6. The van der Waals surface area contributed by atoms with Gasteiger partial charge in [0, 0.05) is 6.42 Å². The predicted octanol–water partition coefficient (Wildman–Crippen LogP) is 5.43. The van der Waals surface area contributed by atoms with Crippen LogP contribution in [0, 0.1) is 0 Å². The van der Waals surface area contributed by atoms with E-state index in [1.165, 1.54) is 51.4 Å². The topological polar surface area (TPSA) is 74.2 Å². The van der Waals surface area contributed by atoms with Crippen LogP contribution in [-0.2, 0) is 23.7 Å². The average molecular weight is 455 g/mol. The first-order chi connectivity index (χ1) is 15.4. The third kappa shape index (κ3) is 7.96. The number of rotatable bonds is 14. The first-order valence-corrected chi connectivity index (χ1v) is 13.3. The monoisotopic (exact) mass is 454 g/mol. The fraction of sp³-hybridized carbons (Fsp3) is 0.962. The molecule has 6 heteroatoms. The van der Waals surface area contributed by atoms with Gasteiger partial charge in [-0.1, -0.05) is 58.3 Å². The quantitative estimate of drug-likeness (QED) is 0.279. The standard InChI is InChI=1S/C26H46O6/c1-4-5-6-7-8-9-10-11-12-23-24(32-26(2,3)31-23)14-13-19(27)20-15-16-21(29-20)22-17-18-25(28)30-22/h19-24,27H,4-18H2,1-3H3/t19-,20-,21-,22-,23+,24-/m1/s1. The van der Waals surface area contributed by atoms with Gasteiger partial charge in [-0.25, -0.2) is 0 Å². The number of esters is 1. The summed E-state index contributed by atoms with van der Waals surface area (Å²) in [4.78, 5) is 11.4. The second-order valence-corrected chi connectivity index (χ2v) is 10.5. The predicted molar refractivity (Wildman–Crippen MR) is 123 cm³/mol. The van der Waals surface area contributed by atoms with Crippen LogP contribution < -0.4 is 0 Å². The Balaban J connectivity index is 1.34. The minimum absolute atomic E-state index is 0.0252. The van der Waals surface area contributed by atoms with Crippen molar-refractivity contribution in [3.8, 4) is 0 Å². The Morgan fingerprint density at radius 1 is 0.906 bits per heavy atom. The number of hydrogen-bond acceptors (Lipinski definition) is 6. The first-order valence-electron chi connectivity index (χ1n) is 13.3. The third-order valence-corrected chi connectivity index (χ3v) is 7.22. The summed E-state index contributed by atoms with van der Waals surface area (Å²) in [5.41, 5.74) is 0. The molecular weight excluding hydrogens is 408 g/mol. The fourth-order valence-electron chi connectivity index (χ4n) is 5.45. The van der Waals surface area contributed by atoms with Gasteiger partial charge in [0.25, 0.3) is 0 Å². The average Bonchev–Trinajstić information content (AvgIpc) is 3.46. The van der Waals surface area contributed by atoms with Crippen LogP contribution in [0.4, 0.5) is 0 Å². The van der Waals surface area contributed by atoms with E-state index >= 15 is 0 Å². The highest BCUT2D eigenvalue weighted by atomic mass is 16.7. The normalized spacial score (nSPS) is 33.0. The molecule has 3 aliphatic rings. The van der Waals surface area contributed by atoms with Crippen molar-refractivity contribution in [2.45, 2.75) is 159 Å². The molecule has 0 radical (unpaired) electrons. The van der Waals surface area contributed by atoms with Crippen LogP contribution in [0.3, 0.4) is 0 Å². The number of aliphatic hydroxyl groups is 1. The molecule has 3 fully saturated rings. The van der Waals surface area contributed by atoms with E-state index in [0.717, 1.165) is 32.1 Å². The largest absolute Gasteiger partial charge is 0.460 e. The van der Waals surface area contributed by atoms with Crippen LogP contribution in [0.1, 0.15) is 117 Å². The van der Waals surface area contributed by atoms with E-state index in [4.69, 9.17) is 18.9 Å². The van der Waals surface area contributed by atoms with Crippen molar-refractivity contribution in [2.75, 3.05) is 0 Å². The molecule has 0 saturated carbocycles. The number of carbonyl (C=O) groups excluding carboxylic acids is 1. The van der Waals surface area contributed by atoms with Gasteiger partial charge in [0.1, 0.15) is 6.10 Å². The molecule has 1 N–H and O–H groups in total. The summed E-state index contributed by atoms with van der Waals surface area (Å²) in [6.45, 7) is 6.22. The van der Waals surface area contributed by atoms with Gasteiger partial charge >= 0.3 is 5.97 Å². The zero-order chi connectivity index (χ0) is 23.0. The Hall–Kier alpha value is -0.690. The summed E-state index contributed by atoms with van der Waals surface area (Å²) in [6.07, 6.45) is 15.0. The van der Waals surface area contributed by atoms with Crippen LogP contribution >= 0.6 is 0 Å². The maximum atomic E-state index is 11.4. The molecule has 0 bridgehead atoms. The molecule has 0 aromatic rings. The number of hydrogen-bond donors (Lipinski definition) is 1. The van der Waals surface area contributed by atoms with Crippen LogP contribution in [0.2, 0.25) is 0 Å². The van der Waals surface area contributed by atoms with E-state index < -0.39 is 11.9 Å². The van der Waals surface area contributed by atoms with Crippen LogP contribution in [0.25, 0.3) is 0 Å². The lowest BCUT2D eigenvalue weighted by Gasteiger charge is -2.23. The van der Waals surface area contributed by atoms with Crippen molar-refractivity contribution >= 4 is 5.97 Å². The van der Waals surface area contributed by atoms with Gasteiger partial charge < -0.3 is 24.1 Å². The molecule has 0 spiro atoms. The van der Waals surface area contributed by atoms with Crippen molar-refractivity contribution in [3.63, 3.8) is 0 Å². The van der Waals surface area contributed by atoms with E-state index in [9.17, 15) is 9.90 Å². The van der Waals surface area contributed by atoms with Crippen molar-refractivity contribution in [1.29, 1.82) is 0 Å². The van der Waals surface area contributed by atoms with Gasteiger partial charge in [0.2, 0.25) is 0 Å². The molecule has 0 aliphatic carbocycles. The van der Waals surface area contributed by atoms with Crippen molar-refractivity contribution in [1.82, 2.24) is 0 Å². The number of cyclic esters (lactones) is 1. The number of carbonyl (C=O) groups is 1. The Labute approximate surface area is 194 Å². The smallest absolute Gasteiger partial charge is 0.306 e. The molecule has 0 amide bonds. The SMILES string of the molecule is CCCCCCCCCC[C@@H]1OC(C)(C)O[C@@H]1CC[C@@H](O)[C@H]1CC[C@H]([C@H]2CCC(=O)O2)O1. The molecular formula is C26H46O6. The molecule has 0 aromatic carbocycles. The second kappa shape index (κ2) is 12.7. The molecule has 0 aromatic heterocycles. The maximum Gasteiger partial charge on any atom is 0.306 e. The summed E-state index contributed by atoms with van der Waals surface area (Å²) in [7, 11) is 0. The van der Waals surface area contributed by atoms with Gasteiger partial charge in [0.05, 0.1) is 30.5 Å². The molecule has 32 heavy (non-hydrogen) atoms. The zero-order valence-electron chi connectivity index (χ0n) is 20.6. The van der Waals surface area contributed by atoms with Gasteiger partial charge in [-0.05, 0) is 52.4 Å². The van der Waals surface area contributed by atoms with Gasteiger partial charge in [0.15, 0.2) is 5.79 Å². The molecule has 3 heterocycles. The lowest BCUT2D eigenvalue weighted by Crippen LogP contribution is -2.32. The highest BCUT2D eigenvalue weighted by Crippen LogP contribution is 2.35. The highest BCUT2D eigenvalue weighted by Gasteiger charge is 2.42. The number of aliphatic hydroxyl groups excluding tert-OH is 1. The first kappa shape index (κ1) is 25.9. The van der Waals surface area contributed by atoms with E-state index in [1.807, 2.05) is 13.8 Å². The van der Waals surface area contributed by atoms with Crippen LogP contribution in [0.15, 0.2) is 0 Å². The second-order valence-electron chi connectivity index (χ2n) is 10.5. The van der Waals surface area contributed by atoms with Gasteiger partial charge in [-0.2, -0.15) is 0 Å². The molecule has 6 nitrogen and oxygen atoms in total. The molecule has 3 aliphatic heterocycles. The minimum atomic E-state index is -0.554. The van der Waals surface area contributed by atoms with E-state index in [-0.39, 0.29) is 36.5 Å². The molecule has 186 valence electrons. The fourth-order valence-corrected chi connectivity index (χ4v) is 5.45. The van der Waals surface area contributed by atoms with E-state index in [2.05, 4.69) is 6.92 Å². The van der Waals surface area contributed by atoms with Crippen LogP contribution in [-0.4, -0.2) is 53.5 Å². The van der Waals surface area contributed by atoms with Crippen LogP contribution in [0.5, 0.6) is 0 Å². The lowest BCUT2D eigenvalue weighted by atomic mass is 9.97. The molecule has 3 rings (SSSR count). The molecule has 6 atom stereocenters. The summed E-state index contributed by atoms with van der Waals surface area (Å²) < 4.78 is 23.8. The number of ether oxygens (including phenoxy) is 4. The van der Waals surface area contributed by atoms with Crippen molar-refractivity contribution in [3.05, 3.63) is 0 Å². The molecule has 3 saturated heterocycles. The van der Waals surface area contributed by atoms with Crippen molar-refractivity contribution in [2.24, 2.45) is 0 Å². The van der Waals surface area contributed by atoms with Gasteiger partial charge in [-0.15, -0.1) is 0 Å². The number of unbranched alkanes of at least 4 members (excludes halogenated alkanes) is 7. The third-order valence-electron chi connectivity index (χ3n) is 7.22. The summed E-state index contributed by atoms with van der Waals surface area (Å²) >= 11 is 0. The van der Waals surface area contributed by atoms with E-state index in [1.54, 1.807) is 0 Å². The maximum absolute atomic E-state index is 11.4.